The Labute approximate surface area is 115 Å². The van der Waals surface area contributed by atoms with E-state index in [0.29, 0.717) is 12.6 Å². The molecule has 2 nitrogen and oxygen atoms in total. The van der Waals surface area contributed by atoms with Crippen molar-refractivity contribution in [3.63, 3.8) is 0 Å². The van der Waals surface area contributed by atoms with Crippen molar-refractivity contribution in [2.45, 2.75) is 50.6 Å². The van der Waals surface area contributed by atoms with Gasteiger partial charge >= 0.3 is 0 Å². The lowest BCUT2D eigenvalue weighted by molar-refractivity contribution is 0.602. The van der Waals surface area contributed by atoms with Crippen LogP contribution in [0.3, 0.4) is 0 Å². The van der Waals surface area contributed by atoms with Gasteiger partial charge in [-0.05, 0) is 43.1 Å². The van der Waals surface area contributed by atoms with Gasteiger partial charge in [-0.25, -0.2) is 0 Å². The van der Waals surface area contributed by atoms with Crippen molar-refractivity contribution >= 4 is 17.4 Å². The first kappa shape index (κ1) is 13.8. The van der Waals surface area contributed by atoms with E-state index >= 15 is 0 Å². The molecule has 0 saturated heterocycles. The molecule has 0 spiro atoms. The highest BCUT2D eigenvalue weighted by atomic mass is 32.2. The van der Waals surface area contributed by atoms with Crippen LogP contribution in [0.4, 0.5) is 5.69 Å². The molecule has 3 N–H and O–H groups in total. The van der Waals surface area contributed by atoms with Gasteiger partial charge in [0.05, 0.1) is 0 Å². The molecule has 2 rings (SSSR count). The van der Waals surface area contributed by atoms with Crippen LogP contribution in [0, 0.1) is 5.92 Å². The van der Waals surface area contributed by atoms with Gasteiger partial charge in [0.1, 0.15) is 0 Å². The molecule has 0 amide bonds. The Morgan fingerprint density at radius 1 is 1.39 bits per heavy atom. The van der Waals surface area contributed by atoms with E-state index in [0.717, 1.165) is 11.7 Å². The zero-order valence-corrected chi connectivity index (χ0v) is 12.2. The number of thioether (sulfide) groups is 1. The third-order valence-electron chi connectivity index (χ3n) is 3.69. The number of rotatable bonds is 5. The quantitative estimate of drug-likeness (QED) is 0.793. The van der Waals surface area contributed by atoms with E-state index in [1.54, 1.807) is 0 Å². The molecule has 0 bridgehead atoms. The van der Waals surface area contributed by atoms with Gasteiger partial charge < -0.3 is 11.1 Å². The van der Waals surface area contributed by atoms with Crippen LogP contribution in [-0.2, 0) is 6.54 Å². The molecule has 0 heterocycles. The first-order chi connectivity index (χ1) is 8.74. The summed E-state index contributed by atoms with van der Waals surface area (Å²) in [6.07, 6.45) is 3.92. The maximum atomic E-state index is 5.93. The predicted octanol–water partition coefficient (Wildman–Crippen LogP) is 3.86. The molecule has 2 unspecified atom stereocenters. The van der Waals surface area contributed by atoms with Gasteiger partial charge in [-0.2, -0.15) is 0 Å². The molecule has 0 aliphatic heterocycles. The van der Waals surface area contributed by atoms with Crippen LogP contribution in [0.5, 0.6) is 0 Å². The summed E-state index contributed by atoms with van der Waals surface area (Å²) in [6, 6.07) is 7.12. The van der Waals surface area contributed by atoms with Crippen LogP contribution in [0.15, 0.2) is 23.1 Å². The van der Waals surface area contributed by atoms with Gasteiger partial charge in [-0.1, -0.05) is 19.9 Å². The van der Waals surface area contributed by atoms with E-state index < -0.39 is 0 Å². The lowest BCUT2D eigenvalue weighted by Crippen LogP contribution is -2.17. The largest absolute Gasteiger partial charge is 0.382 e. The predicted molar refractivity (Wildman–Crippen MR) is 81.2 cm³/mol. The highest BCUT2D eigenvalue weighted by Crippen LogP contribution is 2.32. The van der Waals surface area contributed by atoms with Crippen molar-refractivity contribution in [2.24, 2.45) is 11.7 Å². The summed E-state index contributed by atoms with van der Waals surface area (Å²) >= 11 is 1.88. The second-order valence-electron chi connectivity index (χ2n) is 5.18. The van der Waals surface area contributed by atoms with Gasteiger partial charge in [-0.3, -0.25) is 0 Å². The fourth-order valence-electron chi connectivity index (χ4n) is 2.76. The van der Waals surface area contributed by atoms with Gasteiger partial charge in [0.25, 0.3) is 0 Å². The number of hydrogen-bond acceptors (Lipinski definition) is 3. The summed E-state index contributed by atoms with van der Waals surface area (Å²) in [6.45, 7) is 5.15. The minimum Gasteiger partial charge on any atom is -0.382 e. The molecule has 18 heavy (non-hydrogen) atoms. The van der Waals surface area contributed by atoms with Crippen LogP contribution in [0.25, 0.3) is 0 Å². The van der Waals surface area contributed by atoms with E-state index in [1.807, 2.05) is 11.8 Å². The Hall–Kier alpha value is -0.670. The summed E-state index contributed by atoms with van der Waals surface area (Å²) in [5.41, 5.74) is 8.46. The lowest BCUT2D eigenvalue weighted by atomic mass is 10.1. The zero-order chi connectivity index (χ0) is 13.0. The third kappa shape index (κ3) is 3.21. The van der Waals surface area contributed by atoms with Crippen molar-refractivity contribution in [3.8, 4) is 0 Å². The average Bonchev–Trinajstić information content (AvgIpc) is 2.76. The monoisotopic (exact) mass is 264 g/mol. The molecule has 1 aromatic carbocycles. The van der Waals surface area contributed by atoms with E-state index in [2.05, 4.69) is 37.4 Å². The topological polar surface area (TPSA) is 38.0 Å². The fourth-order valence-corrected chi connectivity index (χ4v) is 3.61. The Morgan fingerprint density at radius 2 is 2.22 bits per heavy atom. The average molecular weight is 264 g/mol. The summed E-state index contributed by atoms with van der Waals surface area (Å²) in [5, 5.41) is 3.70. The van der Waals surface area contributed by atoms with Gasteiger partial charge in [0.2, 0.25) is 0 Å². The molecule has 2 atom stereocenters. The Bertz CT molecular complexity index is 392. The van der Waals surface area contributed by atoms with E-state index in [-0.39, 0.29) is 0 Å². The number of anilines is 1. The summed E-state index contributed by atoms with van der Waals surface area (Å²) in [4.78, 5) is 1.33. The summed E-state index contributed by atoms with van der Waals surface area (Å²) in [7, 11) is 0. The number of hydrogen-bond donors (Lipinski definition) is 2. The molecule has 0 aromatic heterocycles. The third-order valence-corrected chi connectivity index (χ3v) is 4.67. The lowest BCUT2D eigenvalue weighted by Gasteiger charge is -2.19. The molecule has 3 heteroatoms. The smallest absolute Gasteiger partial charge is 0.0399 e. The van der Waals surface area contributed by atoms with Crippen LogP contribution in [-0.4, -0.2) is 11.8 Å². The first-order valence-electron chi connectivity index (χ1n) is 6.95. The molecule has 1 saturated carbocycles. The highest BCUT2D eigenvalue weighted by Gasteiger charge is 2.21. The molecular formula is C15H24N2S. The van der Waals surface area contributed by atoms with Crippen molar-refractivity contribution in [1.29, 1.82) is 0 Å². The maximum absolute atomic E-state index is 5.93. The first-order valence-corrected chi connectivity index (χ1v) is 7.94. The molecule has 1 aromatic rings. The SMILES string of the molecule is CCSc1cccc(NC2CCC(C)C2)c1CN. The molecule has 1 aliphatic carbocycles. The standard InChI is InChI=1S/C15H24N2S/c1-3-18-15-6-4-5-14(13(15)10-16)17-12-8-7-11(2)9-12/h4-6,11-12,17H,3,7-10,16H2,1-2H3. The van der Waals surface area contributed by atoms with Gasteiger partial charge in [0, 0.05) is 28.7 Å². The summed E-state index contributed by atoms with van der Waals surface area (Å²) in [5.74, 6) is 1.95. The minimum absolute atomic E-state index is 0.619. The van der Waals surface area contributed by atoms with Crippen LogP contribution >= 0.6 is 11.8 Å². The molecule has 1 aliphatic rings. The van der Waals surface area contributed by atoms with Crippen LogP contribution < -0.4 is 11.1 Å². The van der Waals surface area contributed by atoms with E-state index in [9.17, 15) is 0 Å². The van der Waals surface area contributed by atoms with Crippen molar-refractivity contribution in [1.82, 2.24) is 0 Å². The Morgan fingerprint density at radius 3 is 2.83 bits per heavy atom. The number of nitrogens with two attached hydrogens (primary N) is 1. The molecule has 1 fully saturated rings. The molecule has 100 valence electrons. The van der Waals surface area contributed by atoms with Crippen molar-refractivity contribution in [3.05, 3.63) is 23.8 Å². The van der Waals surface area contributed by atoms with Crippen molar-refractivity contribution < 1.29 is 0 Å². The fraction of sp³-hybridized carbons (Fsp3) is 0.600. The summed E-state index contributed by atoms with van der Waals surface area (Å²) < 4.78 is 0. The zero-order valence-electron chi connectivity index (χ0n) is 11.4. The van der Waals surface area contributed by atoms with Gasteiger partial charge in [-0.15, -0.1) is 11.8 Å². The van der Waals surface area contributed by atoms with Crippen LogP contribution in [0.2, 0.25) is 0 Å². The van der Waals surface area contributed by atoms with Gasteiger partial charge in [0.15, 0.2) is 0 Å². The second kappa shape index (κ2) is 6.48. The maximum Gasteiger partial charge on any atom is 0.0399 e. The minimum atomic E-state index is 0.619. The Balaban J connectivity index is 2.13. The van der Waals surface area contributed by atoms with E-state index in [4.69, 9.17) is 5.73 Å². The number of benzene rings is 1. The van der Waals surface area contributed by atoms with Crippen LogP contribution in [0.1, 0.15) is 38.7 Å². The number of nitrogens with one attached hydrogen (secondary N) is 1. The molecular weight excluding hydrogens is 240 g/mol. The van der Waals surface area contributed by atoms with E-state index in [1.165, 1.54) is 35.4 Å². The normalized spacial score (nSPS) is 23.3. The molecule has 0 radical (unpaired) electrons. The second-order valence-corrected chi connectivity index (χ2v) is 6.48. The Kier molecular flexibility index (Phi) is 4.95. The highest BCUT2D eigenvalue weighted by molar-refractivity contribution is 7.99. The van der Waals surface area contributed by atoms with Crippen molar-refractivity contribution in [2.75, 3.05) is 11.1 Å².